The van der Waals surface area contributed by atoms with Gasteiger partial charge in [0.05, 0.1) is 40.3 Å². The number of carboxylic acid groups (broad SMARTS) is 1. The van der Waals surface area contributed by atoms with Crippen molar-refractivity contribution in [3.63, 3.8) is 0 Å². The second-order valence-electron chi connectivity index (χ2n) is 25.9. The Kier molecular flexibility index (Phi) is 64.6. The van der Waals surface area contributed by atoms with Gasteiger partial charge in [-0.25, -0.2) is 0 Å². The molecule has 9 nitrogen and oxygen atoms in total. The summed E-state index contributed by atoms with van der Waals surface area (Å²) in [6, 6.07) is 0. The maximum absolute atomic E-state index is 12.9. The number of rotatable bonds is 68. The third kappa shape index (κ3) is 68.3. The molecule has 0 rings (SSSR count). The summed E-state index contributed by atoms with van der Waals surface area (Å²) in [5, 5.41) is 11.8. The van der Waals surface area contributed by atoms with E-state index in [1.807, 2.05) is 21.1 Å². The quantitative estimate of drug-likeness (QED) is 0.0195. The standard InChI is InChI=1S/C76H139NO8/c1-6-8-10-12-14-16-18-20-22-24-26-28-30-32-34-35-36-37-38-39-41-43-45-47-49-51-53-55-57-59-61-63-65-67-74(79)85-72(71-84-76(75(80)81)82-69-68-77(3,4)5)70-83-73(78)66-64-62-60-58-56-54-52-50-48-46-44-42-40-33-31-29-27-25-23-21-19-17-15-13-11-9-7-2/h8,10,14,16,20,22,26,28,32,34,72,76H,6-7,9,11-13,15,17-19,21,23-25,27,29-31,33,35-71H2,1-5H3/b10-8-,16-14-,22-20-,28-26-,34-32-. The number of carbonyl (C=O) groups excluding carboxylic acids is 3. The molecule has 0 aliphatic heterocycles. The van der Waals surface area contributed by atoms with Crippen LogP contribution >= 0.6 is 0 Å². The van der Waals surface area contributed by atoms with Crippen molar-refractivity contribution in [3.8, 4) is 0 Å². The van der Waals surface area contributed by atoms with Gasteiger partial charge in [0.2, 0.25) is 0 Å². The van der Waals surface area contributed by atoms with E-state index in [-0.39, 0.29) is 32.2 Å². The lowest BCUT2D eigenvalue weighted by molar-refractivity contribution is -0.870. The highest BCUT2D eigenvalue weighted by Crippen LogP contribution is 2.19. The number of quaternary nitrogens is 1. The second-order valence-corrected chi connectivity index (χ2v) is 25.9. The van der Waals surface area contributed by atoms with Gasteiger partial charge in [0.1, 0.15) is 13.2 Å². The monoisotopic (exact) mass is 1190 g/mol. The summed E-state index contributed by atoms with van der Waals surface area (Å²) in [7, 11) is 5.94. The van der Waals surface area contributed by atoms with Crippen LogP contribution in [-0.2, 0) is 33.3 Å². The van der Waals surface area contributed by atoms with Crippen LogP contribution in [-0.4, -0.2) is 82.3 Å². The number of unbranched alkanes of at least 4 members (excludes halogenated alkanes) is 43. The summed E-state index contributed by atoms with van der Waals surface area (Å²) in [4.78, 5) is 37.5. The summed E-state index contributed by atoms with van der Waals surface area (Å²) >= 11 is 0. The molecule has 0 bridgehead atoms. The molecule has 0 aromatic heterocycles. The molecule has 0 aliphatic carbocycles. The average molecular weight is 1190 g/mol. The van der Waals surface area contributed by atoms with Crippen LogP contribution in [0, 0.1) is 0 Å². The minimum Gasteiger partial charge on any atom is -0.545 e. The normalized spacial score (nSPS) is 13.0. The summed E-state index contributed by atoms with van der Waals surface area (Å²) in [6.07, 6.45) is 84.6. The van der Waals surface area contributed by atoms with E-state index in [0.29, 0.717) is 23.9 Å². The maximum atomic E-state index is 12.9. The molecule has 0 aromatic carbocycles. The lowest BCUT2D eigenvalue weighted by Gasteiger charge is -2.26. The molecule has 0 spiro atoms. The van der Waals surface area contributed by atoms with Gasteiger partial charge in [-0.3, -0.25) is 9.59 Å². The summed E-state index contributed by atoms with van der Waals surface area (Å²) in [5.41, 5.74) is 0. The number of aliphatic carboxylic acids is 1. The molecule has 85 heavy (non-hydrogen) atoms. The highest BCUT2D eigenvalue weighted by Gasteiger charge is 2.22. The Labute approximate surface area is 526 Å². The molecular formula is C76H139NO8. The lowest BCUT2D eigenvalue weighted by Crippen LogP contribution is -2.44. The number of hydrogen-bond donors (Lipinski definition) is 0. The van der Waals surface area contributed by atoms with E-state index in [1.54, 1.807) is 0 Å². The van der Waals surface area contributed by atoms with Crippen LogP contribution in [0.3, 0.4) is 0 Å². The number of esters is 2. The van der Waals surface area contributed by atoms with Crippen molar-refractivity contribution < 1.29 is 42.9 Å². The Balaban J connectivity index is 4.05. The van der Waals surface area contributed by atoms with Gasteiger partial charge in [-0.15, -0.1) is 0 Å². The molecule has 0 heterocycles. The Morgan fingerprint density at radius 2 is 0.671 bits per heavy atom. The van der Waals surface area contributed by atoms with Crippen molar-refractivity contribution in [3.05, 3.63) is 60.8 Å². The predicted octanol–water partition coefficient (Wildman–Crippen LogP) is 21.4. The van der Waals surface area contributed by atoms with Crippen LogP contribution in [0.5, 0.6) is 0 Å². The Morgan fingerprint density at radius 3 is 1.00 bits per heavy atom. The minimum absolute atomic E-state index is 0.149. The van der Waals surface area contributed by atoms with Gasteiger partial charge in [0.25, 0.3) is 0 Å². The molecule has 0 aliphatic rings. The fourth-order valence-corrected chi connectivity index (χ4v) is 10.7. The van der Waals surface area contributed by atoms with Crippen molar-refractivity contribution >= 4 is 17.9 Å². The topological polar surface area (TPSA) is 111 Å². The van der Waals surface area contributed by atoms with E-state index in [1.165, 1.54) is 250 Å². The van der Waals surface area contributed by atoms with Crippen LogP contribution in [0.25, 0.3) is 0 Å². The Morgan fingerprint density at radius 1 is 0.365 bits per heavy atom. The fraction of sp³-hybridized carbons (Fsp3) is 0.829. The van der Waals surface area contributed by atoms with Gasteiger partial charge >= 0.3 is 11.9 Å². The van der Waals surface area contributed by atoms with Crippen molar-refractivity contribution in [1.82, 2.24) is 0 Å². The number of nitrogens with zero attached hydrogens (tertiary/aromatic N) is 1. The van der Waals surface area contributed by atoms with E-state index in [9.17, 15) is 19.5 Å². The molecule has 496 valence electrons. The molecule has 0 N–H and O–H groups in total. The largest absolute Gasteiger partial charge is 0.545 e. The van der Waals surface area contributed by atoms with Gasteiger partial charge in [-0.2, -0.15) is 0 Å². The first kappa shape index (κ1) is 82.0. The molecule has 0 fully saturated rings. The fourth-order valence-electron chi connectivity index (χ4n) is 10.7. The molecule has 0 aromatic rings. The Bertz CT molecular complexity index is 1580. The van der Waals surface area contributed by atoms with Gasteiger partial charge in [0.15, 0.2) is 12.4 Å². The van der Waals surface area contributed by atoms with Crippen LogP contribution in [0.2, 0.25) is 0 Å². The van der Waals surface area contributed by atoms with Gasteiger partial charge in [-0.1, -0.05) is 338 Å². The highest BCUT2D eigenvalue weighted by molar-refractivity contribution is 5.70. The number of allylic oxidation sites excluding steroid dienone is 10. The summed E-state index contributed by atoms with van der Waals surface area (Å²) in [5.74, 6) is -2.26. The average Bonchev–Trinajstić information content (AvgIpc) is 3.49. The number of hydrogen-bond acceptors (Lipinski definition) is 8. The van der Waals surface area contributed by atoms with Gasteiger partial charge in [0, 0.05) is 12.8 Å². The van der Waals surface area contributed by atoms with E-state index >= 15 is 0 Å². The minimum atomic E-state index is -1.62. The molecule has 0 saturated heterocycles. The first-order chi connectivity index (χ1) is 41.6. The predicted molar refractivity (Wildman–Crippen MR) is 362 cm³/mol. The van der Waals surface area contributed by atoms with Crippen LogP contribution in [0.1, 0.15) is 348 Å². The number of carbonyl (C=O) groups is 3. The SMILES string of the molecule is CC/C=C\C/C=C\C/C=C\C/C=C\C/C=C\CCCCCCCCCCCCCCCCCCCC(=O)OC(COC(=O)CCCCCCCCCCCCCCCCCCCCCCCCCCCCC)COC(OCC[N+](C)(C)C)C(=O)[O-]. The first-order valence-corrected chi connectivity index (χ1v) is 36.4. The second kappa shape index (κ2) is 66.9. The highest BCUT2D eigenvalue weighted by atomic mass is 16.7. The zero-order valence-corrected chi connectivity index (χ0v) is 56.7. The number of ether oxygens (including phenoxy) is 4. The van der Waals surface area contributed by atoms with Crippen molar-refractivity contribution in [2.24, 2.45) is 0 Å². The van der Waals surface area contributed by atoms with Gasteiger partial charge in [-0.05, 0) is 57.8 Å². The van der Waals surface area contributed by atoms with Crippen LogP contribution in [0.15, 0.2) is 60.8 Å². The van der Waals surface area contributed by atoms with E-state index in [2.05, 4.69) is 74.6 Å². The van der Waals surface area contributed by atoms with Crippen molar-refractivity contribution in [2.75, 3.05) is 47.5 Å². The van der Waals surface area contributed by atoms with Crippen molar-refractivity contribution in [2.45, 2.75) is 360 Å². The molecule has 2 atom stereocenters. The van der Waals surface area contributed by atoms with E-state index in [0.717, 1.165) is 64.2 Å². The molecule has 9 heteroatoms. The van der Waals surface area contributed by atoms with E-state index < -0.39 is 24.3 Å². The van der Waals surface area contributed by atoms with Gasteiger partial charge < -0.3 is 33.3 Å². The van der Waals surface area contributed by atoms with Crippen LogP contribution in [0.4, 0.5) is 0 Å². The molecule has 0 radical (unpaired) electrons. The third-order valence-electron chi connectivity index (χ3n) is 16.3. The first-order valence-electron chi connectivity index (χ1n) is 36.4. The zero-order valence-electron chi connectivity index (χ0n) is 56.7. The number of carboxylic acids is 1. The Hall–Kier alpha value is -3.01. The number of likely N-dealkylation sites (N-methyl/N-ethyl adjacent to an activating group) is 1. The lowest BCUT2D eigenvalue weighted by atomic mass is 10.0. The summed E-state index contributed by atoms with van der Waals surface area (Å²) < 4.78 is 22.8. The maximum Gasteiger partial charge on any atom is 0.306 e. The summed E-state index contributed by atoms with van der Waals surface area (Å²) in [6.45, 7) is 4.70. The third-order valence-corrected chi connectivity index (χ3v) is 16.3. The van der Waals surface area contributed by atoms with Crippen LogP contribution < -0.4 is 5.11 Å². The molecule has 0 saturated carbocycles. The van der Waals surface area contributed by atoms with E-state index in [4.69, 9.17) is 18.9 Å². The smallest absolute Gasteiger partial charge is 0.306 e. The molecule has 2 unspecified atom stereocenters. The molecular weight excluding hydrogens is 1050 g/mol. The van der Waals surface area contributed by atoms with Crippen molar-refractivity contribution in [1.29, 1.82) is 0 Å². The zero-order chi connectivity index (χ0) is 61.9. The molecule has 0 amide bonds.